The molecule has 20 heavy (non-hydrogen) atoms. The zero-order chi connectivity index (χ0) is 14.4. The third-order valence-electron chi connectivity index (χ3n) is 3.83. The summed E-state index contributed by atoms with van der Waals surface area (Å²) in [5.41, 5.74) is 5.99. The van der Waals surface area contributed by atoms with Gasteiger partial charge in [-0.05, 0) is 18.8 Å². The van der Waals surface area contributed by atoms with Crippen molar-refractivity contribution in [1.82, 2.24) is 10.1 Å². The highest BCUT2D eigenvalue weighted by Crippen LogP contribution is 2.36. The highest BCUT2D eigenvalue weighted by Gasteiger charge is 2.37. The van der Waals surface area contributed by atoms with Gasteiger partial charge in [0.25, 0.3) is 0 Å². The lowest BCUT2D eigenvalue weighted by Gasteiger charge is -2.33. The Morgan fingerprint density at radius 2 is 2.25 bits per heavy atom. The summed E-state index contributed by atoms with van der Waals surface area (Å²) in [5.74, 6) is 1.86. The fourth-order valence-corrected chi connectivity index (χ4v) is 2.75. The van der Waals surface area contributed by atoms with E-state index in [1.54, 1.807) is 7.11 Å². The first kappa shape index (κ1) is 15.4. The molecule has 1 aromatic heterocycles. The van der Waals surface area contributed by atoms with Crippen molar-refractivity contribution < 1.29 is 14.0 Å². The van der Waals surface area contributed by atoms with Gasteiger partial charge in [-0.3, -0.25) is 0 Å². The molecule has 0 aromatic carbocycles. The van der Waals surface area contributed by atoms with Gasteiger partial charge in [-0.1, -0.05) is 24.9 Å². The number of aromatic nitrogens is 2. The molecule has 1 heterocycles. The van der Waals surface area contributed by atoms with Crippen LogP contribution in [0.2, 0.25) is 0 Å². The molecule has 1 aromatic rings. The van der Waals surface area contributed by atoms with Crippen molar-refractivity contribution in [3.63, 3.8) is 0 Å². The van der Waals surface area contributed by atoms with Crippen LogP contribution in [-0.4, -0.2) is 37.1 Å². The summed E-state index contributed by atoms with van der Waals surface area (Å²) in [6.07, 6.45) is 4.82. The van der Waals surface area contributed by atoms with E-state index in [2.05, 4.69) is 17.1 Å². The van der Waals surface area contributed by atoms with Gasteiger partial charge in [-0.25, -0.2) is 0 Å². The number of methoxy groups -OCH3 is 1. The summed E-state index contributed by atoms with van der Waals surface area (Å²) in [5, 5.41) is 4.00. The number of nitrogens with zero attached hydrogens (tertiary/aromatic N) is 2. The molecule has 0 aliphatic heterocycles. The summed E-state index contributed by atoms with van der Waals surface area (Å²) in [4.78, 5) is 4.44. The summed E-state index contributed by atoms with van der Waals surface area (Å²) in [6.45, 7) is 3.97. The molecule has 0 spiro atoms. The van der Waals surface area contributed by atoms with E-state index in [1.165, 1.54) is 6.42 Å². The lowest BCUT2D eigenvalue weighted by molar-refractivity contribution is 0.0714. The van der Waals surface area contributed by atoms with Crippen LogP contribution in [0, 0.1) is 5.92 Å². The molecule has 2 rings (SSSR count). The monoisotopic (exact) mass is 283 g/mol. The van der Waals surface area contributed by atoms with Gasteiger partial charge in [0.05, 0.1) is 25.4 Å². The summed E-state index contributed by atoms with van der Waals surface area (Å²) in [7, 11) is 1.65. The van der Waals surface area contributed by atoms with Gasteiger partial charge in [0.15, 0.2) is 5.82 Å². The van der Waals surface area contributed by atoms with E-state index in [0.717, 1.165) is 19.3 Å². The molecule has 2 unspecified atom stereocenters. The molecule has 1 aliphatic carbocycles. The normalized spacial score (nSPS) is 26.9. The van der Waals surface area contributed by atoms with Crippen molar-refractivity contribution >= 4 is 0 Å². The molecule has 1 aliphatic rings. The number of nitrogens with two attached hydrogens (primary N) is 1. The molecule has 0 amide bonds. The maximum Gasteiger partial charge on any atom is 0.246 e. The molecule has 0 bridgehead atoms. The van der Waals surface area contributed by atoms with Crippen LogP contribution in [0.3, 0.4) is 0 Å². The Balaban J connectivity index is 1.85. The second-order valence-electron chi connectivity index (χ2n) is 5.73. The average Bonchev–Trinajstić information content (AvgIpc) is 2.88. The first-order chi connectivity index (χ1) is 9.64. The molecule has 0 radical (unpaired) electrons. The van der Waals surface area contributed by atoms with Crippen LogP contribution in [0.25, 0.3) is 0 Å². The van der Waals surface area contributed by atoms with Crippen molar-refractivity contribution in [2.45, 2.75) is 44.6 Å². The van der Waals surface area contributed by atoms with E-state index >= 15 is 0 Å². The largest absolute Gasteiger partial charge is 0.382 e. The van der Waals surface area contributed by atoms with Crippen LogP contribution >= 0.6 is 0 Å². The number of hydrogen-bond acceptors (Lipinski definition) is 6. The van der Waals surface area contributed by atoms with Gasteiger partial charge in [0, 0.05) is 13.5 Å². The topological polar surface area (TPSA) is 83.4 Å². The smallest absolute Gasteiger partial charge is 0.246 e. The molecule has 2 N–H and O–H groups in total. The lowest BCUT2D eigenvalue weighted by atomic mass is 9.77. The number of ether oxygens (including phenoxy) is 2. The minimum absolute atomic E-state index is 0.445. The van der Waals surface area contributed by atoms with Crippen LogP contribution < -0.4 is 5.73 Å². The molecule has 0 saturated heterocycles. The second kappa shape index (κ2) is 7.15. The van der Waals surface area contributed by atoms with Gasteiger partial charge < -0.3 is 19.7 Å². The number of hydrogen-bond donors (Lipinski definition) is 1. The molecule has 2 atom stereocenters. The third-order valence-corrected chi connectivity index (χ3v) is 3.83. The quantitative estimate of drug-likeness (QED) is 0.766. The maximum absolute atomic E-state index is 6.43. The average molecular weight is 283 g/mol. The van der Waals surface area contributed by atoms with Crippen molar-refractivity contribution in [2.24, 2.45) is 11.7 Å². The van der Waals surface area contributed by atoms with E-state index in [1.807, 2.05) is 0 Å². The molecular weight excluding hydrogens is 258 g/mol. The van der Waals surface area contributed by atoms with E-state index in [9.17, 15) is 0 Å². The van der Waals surface area contributed by atoms with Gasteiger partial charge >= 0.3 is 0 Å². The molecule has 1 saturated carbocycles. The third kappa shape index (κ3) is 4.01. The Kier molecular flexibility index (Phi) is 5.51. The second-order valence-corrected chi connectivity index (χ2v) is 5.73. The van der Waals surface area contributed by atoms with Crippen LogP contribution in [0.1, 0.15) is 44.3 Å². The van der Waals surface area contributed by atoms with Crippen LogP contribution in [-0.2, 0) is 21.4 Å². The molecule has 114 valence electrons. The van der Waals surface area contributed by atoms with E-state index in [-0.39, 0.29) is 0 Å². The Morgan fingerprint density at radius 3 is 3.00 bits per heavy atom. The maximum atomic E-state index is 6.43. The number of rotatable bonds is 7. The van der Waals surface area contributed by atoms with Crippen molar-refractivity contribution in [2.75, 3.05) is 26.9 Å². The highest BCUT2D eigenvalue weighted by molar-refractivity contribution is 5.04. The van der Waals surface area contributed by atoms with Crippen molar-refractivity contribution in [1.29, 1.82) is 0 Å². The molecule has 6 nitrogen and oxygen atoms in total. The Morgan fingerprint density at radius 1 is 1.40 bits per heavy atom. The summed E-state index contributed by atoms with van der Waals surface area (Å²) in [6, 6.07) is 0. The Hall–Kier alpha value is -0.980. The van der Waals surface area contributed by atoms with E-state index in [0.29, 0.717) is 43.9 Å². The fourth-order valence-electron chi connectivity index (χ4n) is 2.75. The SMILES string of the molecule is COCCOCCc1noc(C2(N)CCCC(C)C2)n1. The minimum atomic E-state index is -0.445. The van der Waals surface area contributed by atoms with E-state index < -0.39 is 5.54 Å². The zero-order valence-corrected chi connectivity index (χ0v) is 12.4. The lowest BCUT2D eigenvalue weighted by Crippen LogP contribution is -2.41. The predicted molar refractivity (Wildman–Crippen MR) is 74.2 cm³/mol. The van der Waals surface area contributed by atoms with Crippen molar-refractivity contribution in [3.8, 4) is 0 Å². The van der Waals surface area contributed by atoms with Gasteiger partial charge in [-0.15, -0.1) is 0 Å². The standard InChI is InChI=1S/C14H25N3O3/c1-11-4-3-6-14(15,10-11)13-16-12(17-20-13)5-7-19-9-8-18-2/h11H,3-10,15H2,1-2H3. The molecular formula is C14H25N3O3. The zero-order valence-electron chi connectivity index (χ0n) is 12.4. The van der Waals surface area contributed by atoms with E-state index in [4.69, 9.17) is 19.7 Å². The van der Waals surface area contributed by atoms with Gasteiger partial charge in [-0.2, -0.15) is 4.98 Å². The summed E-state index contributed by atoms with van der Waals surface area (Å²) < 4.78 is 15.7. The predicted octanol–water partition coefficient (Wildman–Crippen LogP) is 1.64. The van der Waals surface area contributed by atoms with Crippen molar-refractivity contribution in [3.05, 3.63) is 11.7 Å². The minimum Gasteiger partial charge on any atom is -0.382 e. The fraction of sp³-hybridized carbons (Fsp3) is 0.857. The Labute approximate surface area is 120 Å². The first-order valence-electron chi connectivity index (χ1n) is 7.32. The summed E-state index contributed by atoms with van der Waals surface area (Å²) >= 11 is 0. The van der Waals surface area contributed by atoms with Crippen LogP contribution in [0.5, 0.6) is 0 Å². The highest BCUT2D eigenvalue weighted by atomic mass is 16.5. The van der Waals surface area contributed by atoms with Crippen LogP contribution in [0.15, 0.2) is 4.52 Å². The van der Waals surface area contributed by atoms with Gasteiger partial charge in [0.2, 0.25) is 5.89 Å². The molecule has 6 heteroatoms. The van der Waals surface area contributed by atoms with Crippen LogP contribution in [0.4, 0.5) is 0 Å². The molecule has 1 fully saturated rings. The first-order valence-corrected chi connectivity index (χ1v) is 7.32. The van der Waals surface area contributed by atoms with Gasteiger partial charge in [0.1, 0.15) is 0 Å². The Bertz CT molecular complexity index is 410.